The predicted molar refractivity (Wildman–Crippen MR) is 66.3 cm³/mol. The zero-order chi connectivity index (χ0) is 11.8. The first-order valence-electron chi connectivity index (χ1n) is 6.21. The van der Waals surface area contributed by atoms with Crippen LogP contribution in [0.15, 0.2) is 0 Å². The van der Waals surface area contributed by atoms with Crippen molar-refractivity contribution in [1.29, 1.82) is 0 Å². The van der Waals surface area contributed by atoms with Gasteiger partial charge in [-0.2, -0.15) is 0 Å². The molecule has 3 heterocycles. The summed E-state index contributed by atoms with van der Waals surface area (Å²) in [5.41, 5.74) is 1.21. The van der Waals surface area contributed by atoms with Gasteiger partial charge in [0.1, 0.15) is 11.1 Å². The second kappa shape index (κ2) is 4.65. The number of nitrogens with zero attached hydrogens (tertiary/aromatic N) is 1. The molecule has 1 fully saturated rings. The zero-order valence-corrected chi connectivity index (χ0v) is 11.0. The average molecular weight is 254 g/mol. The van der Waals surface area contributed by atoms with Crippen LogP contribution in [-0.2, 0) is 15.9 Å². The molecule has 2 aliphatic rings. The average Bonchev–Trinajstić information content (AvgIpc) is 2.74. The highest BCUT2D eigenvalue weighted by Gasteiger charge is 2.29. The van der Waals surface area contributed by atoms with Crippen LogP contribution in [0.1, 0.15) is 41.6 Å². The third kappa shape index (κ3) is 2.25. The standard InChI is InChI=1S/C12H18N2O2S/c1-7-5-9-11(8(2)16-7)17-12(14-9)10-6-13-3-4-15-10/h7-8,10,13H,3-6H2,1-2H3. The van der Waals surface area contributed by atoms with Gasteiger partial charge >= 0.3 is 0 Å². The van der Waals surface area contributed by atoms with Crippen molar-refractivity contribution in [2.24, 2.45) is 0 Å². The lowest BCUT2D eigenvalue weighted by molar-refractivity contribution is -0.00335. The van der Waals surface area contributed by atoms with Crippen LogP contribution >= 0.6 is 11.3 Å². The fraction of sp³-hybridized carbons (Fsp3) is 0.750. The molecule has 3 rings (SSSR count). The highest BCUT2D eigenvalue weighted by atomic mass is 32.1. The van der Waals surface area contributed by atoms with E-state index in [4.69, 9.17) is 14.5 Å². The SMILES string of the molecule is CC1Cc2nc(C3CNCCO3)sc2C(C)O1. The molecule has 0 saturated carbocycles. The van der Waals surface area contributed by atoms with E-state index in [9.17, 15) is 0 Å². The van der Waals surface area contributed by atoms with Crippen molar-refractivity contribution in [2.75, 3.05) is 19.7 Å². The van der Waals surface area contributed by atoms with Crippen LogP contribution in [0.2, 0.25) is 0 Å². The van der Waals surface area contributed by atoms with Crippen molar-refractivity contribution >= 4 is 11.3 Å². The van der Waals surface area contributed by atoms with Crippen LogP contribution in [0, 0.1) is 0 Å². The molecular formula is C12H18N2O2S. The van der Waals surface area contributed by atoms with Crippen LogP contribution in [0.5, 0.6) is 0 Å². The minimum atomic E-state index is 0.127. The van der Waals surface area contributed by atoms with Crippen LogP contribution < -0.4 is 5.32 Å². The van der Waals surface area contributed by atoms with Gasteiger partial charge in [-0.1, -0.05) is 0 Å². The second-order valence-corrected chi connectivity index (χ2v) is 5.78. The third-order valence-corrected chi connectivity index (χ3v) is 4.58. The molecule has 1 N–H and O–H groups in total. The van der Waals surface area contributed by atoms with Gasteiger partial charge in [-0.25, -0.2) is 4.98 Å². The Morgan fingerprint density at radius 2 is 2.29 bits per heavy atom. The Kier molecular flexibility index (Phi) is 3.17. The van der Waals surface area contributed by atoms with Crippen molar-refractivity contribution in [3.8, 4) is 0 Å². The highest BCUT2D eigenvalue weighted by Crippen LogP contribution is 2.36. The lowest BCUT2D eigenvalue weighted by Gasteiger charge is -2.23. The van der Waals surface area contributed by atoms with E-state index in [0.29, 0.717) is 0 Å². The van der Waals surface area contributed by atoms with E-state index < -0.39 is 0 Å². The van der Waals surface area contributed by atoms with Crippen molar-refractivity contribution in [2.45, 2.75) is 38.6 Å². The third-order valence-electron chi connectivity index (χ3n) is 3.23. The first kappa shape index (κ1) is 11.6. The maximum Gasteiger partial charge on any atom is 0.123 e. The quantitative estimate of drug-likeness (QED) is 0.830. The smallest absolute Gasteiger partial charge is 0.123 e. The summed E-state index contributed by atoms with van der Waals surface area (Å²) in [6.45, 7) is 6.81. The predicted octanol–water partition coefficient (Wildman–Crippen LogP) is 1.83. The Morgan fingerprint density at radius 1 is 1.41 bits per heavy atom. The molecule has 0 aliphatic carbocycles. The summed E-state index contributed by atoms with van der Waals surface area (Å²) in [6.07, 6.45) is 1.51. The summed E-state index contributed by atoms with van der Waals surface area (Å²) in [7, 11) is 0. The van der Waals surface area contributed by atoms with Crippen molar-refractivity contribution < 1.29 is 9.47 Å². The molecular weight excluding hydrogens is 236 g/mol. The molecule has 0 aromatic carbocycles. The van der Waals surface area contributed by atoms with Crippen molar-refractivity contribution in [1.82, 2.24) is 10.3 Å². The van der Waals surface area contributed by atoms with Crippen LogP contribution in [0.25, 0.3) is 0 Å². The summed E-state index contributed by atoms with van der Waals surface area (Å²) in [5.74, 6) is 0. The number of morpholine rings is 1. The Bertz CT molecular complexity index is 401. The number of nitrogens with one attached hydrogen (secondary N) is 1. The second-order valence-electron chi connectivity index (χ2n) is 4.72. The lowest BCUT2D eigenvalue weighted by Crippen LogP contribution is -2.33. The number of fused-ring (bicyclic) bond motifs is 1. The zero-order valence-electron chi connectivity index (χ0n) is 10.2. The lowest BCUT2D eigenvalue weighted by atomic mass is 10.1. The summed E-state index contributed by atoms with van der Waals surface area (Å²) in [6, 6.07) is 0. The molecule has 1 aromatic heterocycles. The highest BCUT2D eigenvalue weighted by molar-refractivity contribution is 7.11. The molecule has 0 bridgehead atoms. The number of aromatic nitrogens is 1. The van der Waals surface area contributed by atoms with Crippen LogP contribution in [0.4, 0.5) is 0 Å². The van der Waals surface area contributed by atoms with E-state index in [1.54, 1.807) is 11.3 Å². The van der Waals surface area contributed by atoms with Gasteiger partial charge in [-0.3, -0.25) is 0 Å². The molecule has 4 nitrogen and oxygen atoms in total. The summed E-state index contributed by atoms with van der Waals surface area (Å²) in [5, 5.41) is 4.45. The first-order chi connectivity index (χ1) is 8.24. The van der Waals surface area contributed by atoms with Gasteiger partial charge in [0.2, 0.25) is 0 Å². The summed E-state index contributed by atoms with van der Waals surface area (Å²) in [4.78, 5) is 6.03. The Labute approximate surface area is 105 Å². The van der Waals surface area contributed by atoms with Gasteiger partial charge in [-0.05, 0) is 13.8 Å². The maximum atomic E-state index is 5.83. The minimum Gasteiger partial charge on any atom is -0.370 e. The van der Waals surface area contributed by atoms with E-state index in [1.165, 1.54) is 10.6 Å². The van der Waals surface area contributed by atoms with Crippen molar-refractivity contribution in [3.63, 3.8) is 0 Å². The largest absolute Gasteiger partial charge is 0.370 e. The van der Waals surface area contributed by atoms with Gasteiger partial charge in [0.25, 0.3) is 0 Å². The molecule has 5 heteroatoms. The maximum absolute atomic E-state index is 5.83. The molecule has 0 radical (unpaired) electrons. The monoisotopic (exact) mass is 254 g/mol. The number of rotatable bonds is 1. The molecule has 1 aromatic rings. The van der Waals surface area contributed by atoms with E-state index in [2.05, 4.69) is 19.2 Å². The topological polar surface area (TPSA) is 43.4 Å². The van der Waals surface area contributed by atoms with Gasteiger partial charge in [0, 0.05) is 19.5 Å². The first-order valence-corrected chi connectivity index (χ1v) is 7.03. The Balaban J connectivity index is 1.85. The molecule has 2 aliphatic heterocycles. The normalized spacial score (nSPS) is 33.4. The number of thiazole rings is 1. The van der Waals surface area contributed by atoms with E-state index in [-0.39, 0.29) is 18.3 Å². The van der Waals surface area contributed by atoms with Gasteiger partial charge in [0.05, 0.1) is 29.4 Å². The fourth-order valence-electron chi connectivity index (χ4n) is 2.44. The van der Waals surface area contributed by atoms with Gasteiger partial charge in [-0.15, -0.1) is 11.3 Å². The summed E-state index contributed by atoms with van der Waals surface area (Å²) < 4.78 is 11.6. The number of hydrogen-bond donors (Lipinski definition) is 1. The van der Waals surface area contributed by atoms with Gasteiger partial charge in [0.15, 0.2) is 0 Å². The molecule has 0 amide bonds. The molecule has 1 saturated heterocycles. The molecule has 0 spiro atoms. The molecule has 17 heavy (non-hydrogen) atoms. The Morgan fingerprint density at radius 3 is 3.06 bits per heavy atom. The fourth-order valence-corrected chi connectivity index (χ4v) is 3.57. The van der Waals surface area contributed by atoms with Crippen molar-refractivity contribution in [3.05, 3.63) is 15.6 Å². The van der Waals surface area contributed by atoms with Crippen LogP contribution in [-0.4, -0.2) is 30.8 Å². The van der Waals surface area contributed by atoms with E-state index in [0.717, 1.165) is 31.1 Å². The molecule has 94 valence electrons. The summed E-state index contributed by atoms with van der Waals surface area (Å²) >= 11 is 1.75. The number of ether oxygens (including phenoxy) is 2. The Hall–Kier alpha value is -0.490. The molecule has 3 atom stereocenters. The van der Waals surface area contributed by atoms with E-state index >= 15 is 0 Å². The van der Waals surface area contributed by atoms with Crippen LogP contribution in [0.3, 0.4) is 0 Å². The number of hydrogen-bond acceptors (Lipinski definition) is 5. The minimum absolute atomic E-state index is 0.127. The van der Waals surface area contributed by atoms with E-state index in [1.807, 2.05) is 0 Å². The molecule has 3 unspecified atom stereocenters. The van der Waals surface area contributed by atoms with Gasteiger partial charge < -0.3 is 14.8 Å².